The number of hydrazine groups is 1. The van der Waals surface area contributed by atoms with Crippen molar-refractivity contribution in [2.45, 2.75) is 85.0 Å². The van der Waals surface area contributed by atoms with Crippen LogP contribution in [0.15, 0.2) is 12.3 Å². The Morgan fingerprint density at radius 2 is 1.88 bits per heavy atom. The molecule has 0 radical (unpaired) electrons. The van der Waals surface area contributed by atoms with Crippen molar-refractivity contribution in [2.75, 3.05) is 6.54 Å². The van der Waals surface area contributed by atoms with Gasteiger partial charge in [-0.1, -0.05) is 11.6 Å². The van der Waals surface area contributed by atoms with Crippen LogP contribution >= 0.6 is 11.6 Å². The summed E-state index contributed by atoms with van der Waals surface area (Å²) in [6.07, 6.45) is 2.70. The van der Waals surface area contributed by atoms with Gasteiger partial charge in [0, 0.05) is 24.8 Å². The molecule has 2 rings (SSSR count). The van der Waals surface area contributed by atoms with Crippen LogP contribution in [-0.4, -0.2) is 57.2 Å². The number of hydrogen-bond donors (Lipinski definition) is 2. The van der Waals surface area contributed by atoms with Crippen molar-refractivity contribution in [3.63, 3.8) is 0 Å². The van der Waals surface area contributed by atoms with Crippen molar-refractivity contribution >= 4 is 29.6 Å². The highest BCUT2D eigenvalue weighted by Gasteiger charge is 2.32. The van der Waals surface area contributed by atoms with E-state index in [-0.39, 0.29) is 29.6 Å². The van der Waals surface area contributed by atoms with E-state index < -0.39 is 23.8 Å². The van der Waals surface area contributed by atoms with Crippen molar-refractivity contribution in [3.05, 3.63) is 28.5 Å². The topological polar surface area (TPSA) is 104 Å². The van der Waals surface area contributed by atoms with E-state index in [0.717, 1.165) is 17.9 Å². The van der Waals surface area contributed by atoms with Crippen LogP contribution in [0.4, 0.5) is 9.59 Å². The van der Waals surface area contributed by atoms with Crippen LogP contribution < -0.4 is 10.7 Å². The second-order valence-electron chi connectivity index (χ2n) is 9.11. The largest absolute Gasteiger partial charge is 0.443 e. The molecular weight excluding hydrogens is 434 g/mol. The van der Waals surface area contributed by atoms with E-state index in [4.69, 9.17) is 16.3 Å². The van der Waals surface area contributed by atoms with Gasteiger partial charge in [0.1, 0.15) is 5.60 Å². The number of rotatable bonds is 4. The highest BCUT2D eigenvalue weighted by molar-refractivity contribution is 6.31. The van der Waals surface area contributed by atoms with Crippen LogP contribution in [0, 0.1) is 0 Å². The quantitative estimate of drug-likeness (QED) is 0.643. The third kappa shape index (κ3) is 6.48. The maximum absolute atomic E-state index is 12.9. The van der Waals surface area contributed by atoms with Crippen LogP contribution in [0.3, 0.4) is 0 Å². The van der Waals surface area contributed by atoms with Crippen molar-refractivity contribution in [3.8, 4) is 0 Å². The van der Waals surface area contributed by atoms with Gasteiger partial charge in [-0.3, -0.25) is 9.78 Å². The Labute approximate surface area is 194 Å². The van der Waals surface area contributed by atoms with E-state index in [1.807, 2.05) is 18.7 Å². The number of ether oxygens (including phenoxy) is 1. The molecule has 0 saturated carbocycles. The van der Waals surface area contributed by atoms with Gasteiger partial charge in [-0.05, 0) is 67.4 Å². The fraction of sp³-hybridized carbons (Fsp3) is 0.636. The van der Waals surface area contributed by atoms with Gasteiger partial charge in [-0.2, -0.15) is 0 Å². The fourth-order valence-electron chi connectivity index (χ4n) is 3.64. The summed E-state index contributed by atoms with van der Waals surface area (Å²) in [5.74, 6) is -0.0983. The second kappa shape index (κ2) is 10.4. The molecule has 10 heteroatoms. The number of urea groups is 1. The number of amides is 4. The number of halogens is 1. The predicted octanol–water partition coefficient (Wildman–Crippen LogP) is 4.28. The molecule has 0 aliphatic carbocycles. The molecule has 178 valence electrons. The van der Waals surface area contributed by atoms with Crippen molar-refractivity contribution < 1.29 is 19.1 Å². The van der Waals surface area contributed by atoms with Gasteiger partial charge in [-0.15, -0.1) is 0 Å². The molecule has 0 unspecified atom stereocenters. The highest BCUT2D eigenvalue weighted by atomic mass is 35.5. The monoisotopic (exact) mass is 467 g/mol. The van der Waals surface area contributed by atoms with E-state index >= 15 is 0 Å². The molecule has 2 N–H and O–H groups in total. The molecule has 1 fully saturated rings. The van der Waals surface area contributed by atoms with E-state index in [2.05, 4.69) is 15.7 Å². The lowest BCUT2D eigenvalue weighted by atomic mass is 10.1. The number of nitrogens with zero attached hydrogens (tertiary/aromatic N) is 3. The SMILES string of the molecule is CCN(NC(=O)OC(C)(C)C)C(=O)N[C@H](C)c1ncc(C(=O)N2[C@H](C)CC[C@@H]2C)cc1Cl. The minimum atomic E-state index is -0.730. The van der Waals surface area contributed by atoms with Gasteiger partial charge in [0.15, 0.2) is 0 Å². The van der Waals surface area contributed by atoms with Crippen molar-refractivity contribution in [2.24, 2.45) is 0 Å². The van der Waals surface area contributed by atoms with Gasteiger partial charge in [0.25, 0.3) is 5.91 Å². The van der Waals surface area contributed by atoms with Gasteiger partial charge in [0.05, 0.1) is 22.3 Å². The Morgan fingerprint density at radius 1 is 1.28 bits per heavy atom. The fourth-order valence-corrected chi connectivity index (χ4v) is 3.97. The summed E-state index contributed by atoms with van der Waals surface area (Å²) in [6, 6.07) is 0.837. The number of carbonyl (C=O) groups is 3. The lowest BCUT2D eigenvalue weighted by molar-refractivity contribution is 0.0381. The van der Waals surface area contributed by atoms with E-state index in [9.17, 15) is 14.4 Å². The summed E-state index contributed by atoms with van der Waals surface area (Å²) in [5.41, 5.74) is 2.57. The molecule has 0 bridgehead atoms. The lowest BCUT2D eigenvalue weighted by Gasteiger charge is -2.27. The first-order valence-corrected chi connectivity index (χ1v) is 11.3. The summed E-state index contributed by atoms with van der Waals surface area (Å²) >= 11 is 6.41. The molecule has 1 saturated heterocycles. The third-order valence-corrected chi connectivity index (χ3v) is 5.54. The van der Waals surface area contributed by atoms with Crippen LogP contribution in [0.25, 0.3) is 0 Å². The summed E-state index contributed by atoms with van der Waals surface area (Å²) in [6.45, 7) is 12.9. The number of aromatic nitrogens is 1. The summed E-state index contributed by atoms with van der Waals surface area (Å²) in [5, 5.41) is 4.14. The molecule has 1 aliphatic heterocycles. The molecule has 9 nitrogen and oxygen atoms in total. The van der Waals surface area contributed by atoms with Crippen molar-refractivity contribution in [1.29, 1.82) is 0 Å². The van der Waals surface area contributed by atoms with Gasteiger partial charge in [-0.25, -0.2) is 20.0 Å². The normalized spacial score (nSPS) is 19.3. The predicted molar refractivity (Wildman–Crippen MR) is 122 cm³/mol. The zero-order valence-electron chi connectivity index (χ0n) is 19.9. The molecule has 0 aromatic carbocycles. The molecule has 1 aromatic rings. The zero-order chi connectivity index (χ0) is 24.2. The Hall–Kier alpha value is -2.55. The van der Waals surface area contributed by atoms with Crippen LogP contribution in [0.5, 0.6) is 0 Å². The first kappa shape index (κ1) is 25.7. The molecule has 3 atom stereocenters. The minimum absolute atomic E-state index is 0.0983. The van der Waals surface area contributed by atoms with Crippen molar-refractivity contribution in [1.82, 2.24) is 25.6 Å². The van der Waals surface area contributed by atoms with E-state index in [1.165, 1.54) is 6.20 Å². The number of pyridine rings is 1. The first-order chi connectivity index (χ1) is 14.8. The molecule has 1 aromatic heterocycles. The number of nitrogens with one attached hydrogen (secondary N) is 2. The third-order valence-electron chi connectivity index (χ3n) is 5.24. The molecule has 2 heterocycles. The average molecular weight is 468 g/mol. The molecule has 1 aliphatic rings. The number of likely N-dealkylation sites (tertiary alicyclic amines) is 1. The van der Waals surface area contributed by atoms with Crippen LogP contribution in [-0.2, 0) is 4.74 Å². The standard InChI is InChI=1S/C22H34ClN5O4/c1-8-27(26-21(31)32-22(5,6)7)20(30)25-15(4)18-17(23)11-16(12-24-18)19(29)28-13(2)9-10-14(28)3/h11-15H,8-10H2,1-7H3,(H,25,30)(H,26,31)/t13-,14+,15-/m1/s1. The maximum Gasteiger partial charge on any atom is 0.426 e. The second-order valence-corrected chi connectivity index (χ2v) is 9.52. The summed E-state index contributed by atoms with van der Waals surface area (Å²) in [4.78, 5) is 43.7. The van der Waals surface area contributed by atoms with Gasteiger partial charge < -0.3 is 15.0 Å². The van der Waals surface area contributed by atoms with Gasteiger partial charge >= 0.3 is 12.1 Å². The van der Waals surface area contributed by atoms with Crippen LogP contribution in [0.1, 0.15) is 83.4 Å². The van der Waals surface area contributed by atoms with Gasteiger partial charge in [0.2, 0.25) is 0 Å². The van der Waals surface area contributed by atoms with E-state index in [1.54, 1.807) is 40.7 Å². The summed E-state index contributed by atoms with van der Waals surface area (Å²) in [7, 11) is 0. The maximum atomic E-state index is 12.9. The zero-order valence-corrected chi connectivity index (χ0v) is 20.6. The van der Waals surface area contributed by atoms with E-state index in [0.29, 0.717) is 11.3 Å². The summed E-state index contributed by atoms with van der Waals surface area (Å²) < 4.78 is 5.18. The highest BCUT2D eigenvalue weighted by Crippen LogP contribution is 2.27. The Balaban J connectivity index is 2.06. The molecular formula is C22H34ClN5O4. The minimum Gasteiger partial charge on any atom is -0.443 e. The van der Waals surface area contributed by atoms with Crippen LogP contribution in [0.2, 0.25) is 5.02 Å². The molecule has 0 spiro atoms. The smallest absolute Gasteiger partial charge is 0.426 e. The average Bonchev–Trinajstić information content (AvgIpc) is 3.01. The Bertz CT molecular complexity index is 847. The Kier molecular flexibility index (Phi) is 8.34. The lowest BCUT2D eigenvalue weighted by Crippen LogP contribution is -2.52. The number of carbonyl (C=O) groups excluding carboxylic acids is 3. The molecule has 32 heavy (non-hydrogen) atoms. The number of hydrogen-bond acceptors (Lipinski definition) is 5. The molecule has 4 amide bonds. The first-order valence-electron chi connectivity index (χ1n) is 10.9. The Morgan fingerprint density at radius 3 is 2.38 bits per heavy atom.